The van der Waals surface area contributed by atoms with Gasteiger partial charge >= 0.3 is 11.9 Å². The monoisotopic (exact) mass is 561 g/mol. The predicted octanol–water partition coefficient (Wildman–Crippen LogP) is 3.58. The van der Waals surface area contributed by atoms with Gasteiger partial charge in [0.05, 0.1) is 11.7 Å². The van der Waals surface area contributed by atoms with Gasteiger partial charge in [0.1, 0.15) is 6.10 Å². The van der Waals surface area contributed by atoms with E-state index in [0.717, 1.165) is 23.6 Å². The molecule has 41 heavy (non-hydrogen) atoms. The van der Waals surface area contributed by atoms with E-state index in [-0.39, 0.29) is 40.8 Å². The molecule has 2 aromatic carbocycles. The van der Waals surface area contributed by atoms with Gasteiger partial charge in [-0.1, -0.05) is 50.2 Å². The van der Waals surface area contributed by atoms with Gasteiger partial charge < -0.3 is 32.2 Å². The highest BCUT2D eigenvalue weighted by molar-refractivity contribution is 6.17. The highest BCUT2D eigenvalue weighted by Crippen LogP contribution is 2.69. The highest BCUT2D eigenvalue weighted by atomic mass is 16.5. The molecule has 4 aliphatic rings. The second-order valence-electron chi connectivity index (χ2n) is 13.7. The number of hydrogen-bond acceptors (Lipinski definition) is 7. The van der Waals surface area contributed by atoms with Crippen LogP contribution in [0.1, 0.15) is 64.9 Å². The zero-order valence-electron chi connectivity index (χ0n) is 24.2. The maximum Gasteiger partial charge on any atom is 0.336 e. The van der Waals surface area contributed by atoms with Gasteiger partial charge in [-0.2, -0.15) is 0 Å². The first-order chi connectivity index (χ1) is 19.3. The third-order valence-electron chi connectivity index (χ3n) is 11.8. The number of carboxylic acid groups (broad SMARTS) is 1. The summed E-state index contributed by atoms with van der Waals surface area (Å²) in [6, 6.07) is 12.9. The van der Waals surface area contributed by atoms with Gasteiger partial charge in [0.15, 0.2) is 0 Å². The molecule has 4 fully saturated rings. The lowest BCUT2D eigenvalue weighted by Gasteiger charge is -2.68. The number of aliphatic hydroxyl groups excluding tert-OH is 1. The second kappa shape index (κ2) is 9.63. The van der Waals surface area contributed by atoms with E-state index in [0.29, 0.717) is 36.8 Å². The summed E-state index contributed by atoms with van der Waals surface area (Å²) in [7, 11) is 0. The standard InChI is InChI=1S/C33H43N3O5/c1-17(37)41-25-16-32(3)22(27(25)26(30(39)40)20-9-8-18-6-4-5-7-19(18)14-20)15-23(34)29-31(2)12-11-24(38)28(35)21(31)10-13-33(29,32)36/h4-9,14,21-25,28-29,38H,10-13,15-16,34-36H2,1-3H3,(H,39,40)/b27-26-/t21-,22-,23+,24+,25-,28-,29-,31-,32-,33+/m0/s1. The number of rotatable bonds is 3. The minimum atomic E-state index is -1.05. The van der Waals surface area contributed by atoms with Gasteiger partial charge in [-0.05, 0) is 95.1 Å². The molecule has 0 aliphatic heterocycles. The lowest BCUT2D eigenvalue weighted by Crippen LogP contribution is -2.76. The van der Waals surface area contributed by atoms with Crippen LogP contribution in [0.15, 0.2) is 48.0 Å². The van der Waals surface area contributed by atoms with E-state index in [1.807, 2.05) is 42.5 Å². The molecule has 0 bridgehead atoms. The number of carbonyl (C=O) groups excluding carboxylic acids is 1. The number of hydrogen-bond donors (Lipinski definition) is 5. The average molecular weight is 562 g/mol. The predicted molar refractivity (Wildman–Crippen MR) is 157 cm³/mol. The molecular formula is C33H43N3O5. The molecule has 220 valence electrons. The van der Waals surface area contributed by atoms with Crippen LogP contribution in [-0.4, -0.2) is 52.0 Å². The fourth-order valence-electron chi connectivity index (χ4n) is 10.0. The number of esters is 1. The first kappa shape index (κ1) is 28.3. The zero-order valence-corrected chi connectivity index (χ0v) is 24.2. The number of aliphatic carboxylic acids is 1. The molecule has 10 atom stereocenters. The summed E-state index contributed by atoms with van der Waals surface area (Å²) >= 11 is 0. The molecule has 8 N–H and O–H groups in total. The summed E-state index contributed by atoms with van der Waals surface area (Å²) in [5.74, 6) is -1.75. The number of nitrogens with two attached hydrogens (primary N) is 3. The number of benzene rings is 2. The highest BCUT2D eigenvalue weighted by Gasteiger charge is 2.71. The Morgan fingerprint density at radius 1 is 1.02 bits per heavy atom. The van der Waals surface area contributed by atoms with Crippen LogP contribution in [0.5, 0.6) is 0 Å². The fourth-order valence-corrected chi connectivity index (χ4v) is 10.0. The molecule has 8 heteroatoms. The molecule has 0 amide bonds. The molecule has 4 aliphatic carbocycles. The van der Waals surface area contributed by atoms with Crippen LogP contribution in [0.4, 0.5) is 0 Å². The molecule has 4 saturated carbocycles. The van der Waals surface area contributed by atoms with Crippen molar-refractivity contribution in [3.05, 3.63) is 53.6 Å². The third kappa shape index (κ3) is 4.02. The quantitative estimate of drug-likeness (QED) is 0.281. The van der Waals surface area contributed by atoms with Crippen molar-refractivity contribution in [2.45, 2.75) is 89.1 Å². The summed E-state index contributed by atoms with van der Waals surface area (Å²) in [6.07, 6.45) is 2.56. The molecule has 0 radical (unpaired) electrons. The minimum absolute atomic E-state index is 0.0696. The third-order valence-corrected chi connectivity index (χ3v) is 11.8. The molecule has 8 nitrogen and oxygen atoms in total. The van der Waals surface area contributed by atoms with Crippen LogP contribution in [0, 0.1) is 28.6 Å². The summed E-state index contributed by atoms with van der Waals surface area (Å²) in [5.41, 5.74) is 21.1. The Labute approximate surface area is 241 Å². The van der Waals surface area contributed by atoms with Crippen LogP contribution >= 0.6 is 0 Å². The second-order valence-corrected chi connectivity index (χ2v) is 13.7. The van der Waals surface area contributed by atoms with E-state index in [1.165, 1.54) is 6.92 Å². The fraction of sp³-hybridized carbons (Fsp3) is 0.576. The number of ether oxygens (including phenoxy) is 1. The molecule has 0 unspecified atom stereocenters. The molecule has 0 aromatic heterocycles. The summed E-state index contributed by atoms with van der Waals surface area (Å²) in [4.78, 5) is 25.5. The van der Waals surface area contributed by atoms with Crippen molar-refractivity contribution in [2.24, 2.45) is 45.8 Å². The Morgan fingerprint density at radius 3 is 2.41 bits per heavy atom. The van der Waals surface area contributed by atoms with E-state index in [1.54, 1.807) is 0 Å². The molecule has 0 heterocycles. The van der Waals surface area contributed by atoms with Gasteiger partial charge in [0.2, 0.25) is 0 Å². The van der Waals surface area contributed by atoms with E-state index >= 15 is 0 Å². The topological polar surface area (TPSA) is 162 Å². The lowest BCUT2D eigenvalue weighted by atomic mass is 9.39. The van der Waals surface area contributed by atoms with Gasteiger partial charge in [-0.3, -0.25) is 4.79 Å². The van der Waals surface area contributed by atoms with E-state index in [9.17, 15) is 19.8 Å². The molecule has 2 aromatic rings. The van der Waals surface area contributed by atoms with Crippen LogP contribution in [0.25, 0.3) is 16.3 Å². The van der Waals surface area contributed by atoms with E-state index < -0.39 is 35.1 Å². The molecule has 6 rings (SSSR count). The van der Waals surface area contributed by atoms with Crippen molar-refractivity contribution in [1.82, 2.24) is 0 Å². The summed E-state index contributed by atoms with van der Waals surface area (Å²) < 4.78 is 5.93. The largest absolute Gasteiger partial charge is 0.478 e. The summed E-state index contributed by atoms with van der Waals surface area (Å²) in [6.45, 7) is 5.76. The van der Waals surface area contributed by atoms with Gasteiger partial charge in [0.25, 0.3) is 0 Å². The Kier molecular flexibility index (Phi) is 6.66. The summed E-state index contributed by atoms with van der Waals surface area (Å²) in [5, 5.41) is 23.3. The van der Waals surface area contributed by atoms with Crippen molar-refractivity contribution < 1.29 is 24.5 Å². The van der Waals surface area contributed by atoms with Crippen molar-refractivity contribution in [1.29, 1.82) is 0 Å². The maximum absolute atomic E-state index is 13.1. The normalized spacial score (nSPS) is 43.0. The Morgan fingerprint density at radius 2 is 1.73 bits per heavy atom. The number of aliphatic hydroxyl groups is 1. The van der Waals surface area contributed by atoms with E-state index in [2.05, 4.69) is 13.8 Å². The first-order valence-corrected chi connectivity index (χ1v) is 14.9. The van der Waals surface area contributed by atoms with Crippen LogP contribution in [0.3, 0.4) is 0 Å². The Hall–Kier alpha value is -2.78. The van der Waals surface area contributed by atoms with Gasteiger partial charge in [-0.15, -0.1) is 0 Å². The van der Waals surface area contributed by atoms with Crippen molar-refractivity contribution >= 4 is 28.3 Å². The van der Waals surface area contributed by atoms with Gasteiger partial charge in [0, 0.05) is 24.5 Å². The van der Waals surface area contributed by atoms with Gasteiger partial charge in [-0.25, -0.2) is 4.79 Å². The van der Waals surface area contributed by atoms with Crippen LogP contribution < -0.4 is 17.2 Å². The maximum atomic E-state index is 13.1. The minimum Gasteiger partial charge on any atom is -0.478 e. The molecular weight excluding hydrogens is 518 g/mol. The average Bonchev–Trinajstić information content (AvgIpc) is 3.17. The van der Waals surface area contributed by atoms with Crippen molar-refractivity contribution in [3.8, 4) is 0 Å². The Bertz CT molecular complexity index is 1440. The lowest BCUT2D eigenvalue weighted by molar-refractivity contribution is -0.160. The Balaban J connectivity index is 1.52. The number of carbonyl (C=O) groups is 2. The van der Waals surface area contributed by atoms with E-state index in [4.69, 9.17) is 21.9 Å². The zero-order chi connectivity index (χ0) is 29.5. The van der Waals surface area contributed by atoms with Crippen molar-refractivity contribution in [2.75, 3.05) is 0 Å². The SMILES string of the molecule is CC(=O)O[C@H]1C[C@@]2(C)[C@@H](C[C@@H](N)[C@H]3[C@@]4(C)CC[C@@H](O)[C@@H](N)[C@@H]4CC[C@@]32N)/C1=C(/C(=O)O)c1ccc2ccccc2c1. The van der Waals surface area contributed by atoms with Crippen LogP contribution in [-0.2, 0) is 14.3 Å². The number of fused-ring (bicyclic) bond motifs is 6. The number of carboxylic acids is 1. The first-order valence-electron chi connectivity index (χ1n) is 14.9. The molecule has 0 saturated heterocycles. The molecule has 0 spiro atoms. The smallest absolute Gasteiger partial charge is 0.336 e. The van der Waals surface area contributed by atoms with Crippen molar-refractivity contribution in [3.63, 3.8) is 0 Å². The van der Waals surface area contributed by atoms with Crippen LogP contribution in [0.2, 0.25) is 0 Å².